The van der Waals surface area contributed by atoms with E-state index in [-0.39, 0.29) is 22.9 Å². The molecule has 3 rings (SSSR count). The Morgan fingerprint density at radius 2 is 2.25 bits per heavy atom. The Morgan fingerprint density at radius 1 is 1.50 bits per heavy atom. The number of nitriles is 1. The second kappa shape index (κ2) is 5.62. The highest BCUT2D eigenvalue weighted by atomic mass is 16.5. The van der Waals surface area contributed by atoms with Crippen molar-refractivity contribution in [3.63, 3.8) is 0 Å². The predicted molar refractivity (Wildman–Crippen MR) is 85.0 cm³/mol. The fraction of sp³-hybridized carbons (Fsp3) is 0.188. The number of nitrogens with zero attached hydrogens (tertiary/aromatic N) is 2. The summed E-state index contributed by atoms with van der Waals surface area (Å²) in [6.45, 7) is 1.63. The molecule has 1 aliphatic rings. The van der Waals surface area contributed by atoms with Crippen molar-refractivity contribution >= 4 is 23.3 Å². The highest BCUT2D eigenvalue weighted by Gasteiger charge is 2.29. The lowest BCUT2D eigenvalue weighted by atomic mass is 10.2. The lowest BCUT2D eigenvalue weighted by Crippen LogP contribution is -2.35. The van der Waals surface area contributed by atoms with E-state index < -0.39 is 12.1 Å². The Bertz CT molecular complexity index is 894. The van der Waals surface area contributed by atoms with Crippen molar-refractivity contribution in [1.29, 1.82) is 5.26 Å². The summed E-state index contributed by atoms with van der Waals surface area (Å²) in [5.74, 6) is -0.542. The van der Waals surface area contributed by atoms with E-state index in [0.29, 0.717) is 17.1 Å². The average molecular weight is 326 g/mol. The number of anilines is 2. The van der Waals surface area contributed by atoms with Crippen molar-refractivity contribution in [2.24, 2.45) is 0 Å². The number of carbonyl (C=O) groups excluding carboxylic acids is 2. The van der Waals surface area contributed by atoms with Crippen LogP contribution in [0.3, 0.4) is 0 Å². The van der Waals surface area contributed by atoms with Gasteiger partial charge in [-0.3, -0.25) is 4.79 Å². The molecule has 1 aromatic heterocycles. The molecule has 0 radical (unpaired) electrons. The quantitative estimate of drug-likeness (QED) is 0.806. The number of methoxy groups -OCH3 is 1. The number of nitrogen functional groups attached to an aromatic ring is 1. The Morgan fingerprint density at radius 3 is 2.92 bits per heavy atom. The van der Waals surface area contributed by atoms with E-state index in [1.54, 1.807) is 25.1 Å². The van der Waals surface area contributed by atoms with Crippen LogP contribution in [0.1, 0.15) is 23.0 Å². The first-order valence-electron chi connectivity index (χ1n) is 7.08. The molecule has 0 spiro atoms. The topological polar surface area (TPSA) is 119 Å². The lowest BCUT2D eigenvalue weighted by Gasteiger charge is -2.25. The normalized spacial score (nSPS) is 15.7. The number of fused-ring (bicyclic) bond motifs is 1. The molecule has 0 saturated carbocycles. The van der Waals surface area contributed by atoms with Gasteiger partial charge in [-0.15, -0.1) is 0 Å². The summed E-state index contributed by atoms with van der Waals surface area (Å²) in [6.07, 6.45) is 0.790. The maximum Gasteiger partial charge on any atom is 0.357 e. The molecule has 3 N–H and O–H groups in total. The van der Waals surface area contributed by atoms with Crippen LogP contribution in [0.2, 0.25) is 0 Å². The van der Waals surface area contributed by atoms with Crippen LogP contribution in [0, 0.1) is 11.3 Å². The number of ether oxygens (including phenoxy) is 2. The van der Waals surface area contributed by atoms with Gasteiger partial charge >= 0.3 is 5.97 Å². The summed E-state index contributed by atoms with van der Waals surface area (Å²) in [4.78, 5) is 24.0. The first kappa shape index (κ1) is 15.4. The SMILES string of the molecule is COC(=O)c1c(N)c(C#N)cn1-c1cccc2c1NC(=O)C(C)O2. The third-order valence-electron chi connectivity index (χ3n) is 3.73. The minimum atomic E-state index is -0.692. The number of rotatable bonds is 2. The molecule has 1 unspecified atom stereocenters. The number of hydrogen-bond donors (Lipinski definition) is 2. The van der Waals surface area contributed by atoms with E-state index in [2.05, 4.69) is 5.32 Å². The van der Waals surface area contributed by atoms with Crippen LogP contribution in [-0.2, 0) is 9.53 Å². The van der Waals surface area contributed by atoms with Gasteiger partial charge in [-0.25, -0.2) is 4.79 Å². The Balaban J connectivity index is 2.25. The molecule has 1 amide bonds. The first-order chi connectivity index (χ1) is 11.5. The maximum absolute atomic E-state index is 12.1. The standard InChI is InChI=1S/C16H14N4O4/c1-8-15(21)19-13-10(4-3-5-11(13)24-8)20-7-9(6-17)12(18)14(20)16(22)23-2/h3-5,7-8H,18H2,1-2H3,(H,19,21). The zero-order valence-electron chi connectivity index (χ0n) is 13.0. The Hall–Kier alpha value is -3.47. The number of benzene rings is 1. The second-order valence-electron chi connectivity index (χ2n) is 5.18. The van der Waals surface area contributed by atoms with Gasteiger partial charge in [-0.05, 0) is 19.1 Å². The number of hydrogen-bond acceptors (Lipinski definition) is 6. The number of nitrogens with two attached hydrogens (primary N) is 1. The van der Waals surface area contributed by atoms with Crippen LogP contribution in [-0.4, -0.2) is 29.7 Å². The van der Waals surface area contributed by atoms with Crippen LogP contribution in [0.15, 0.2) is 24.4 Å². The number of nitrogens with one attached hydrogen (secondary N) is 1. The van der Waals surface area contributed by atoms with Crippen molar-refractivity contribution in [3.05, 3.63) is 35.7 Å². The van der Waals surface area contributed by atoms with Crippen molar-refractivity contribution in [3.8, 4) is 17.5 Å². The monoisotopic (exact) mass is 326 g/mol. The molecule has 0 fully saturated rings. The number of esters is 1. The molecule has 24 heavy (non-hydrogen) atoms. The minimum absolute atomic E-state index is 0.00956. The smallest absolute Gasteiger partial charge is 0.357 e. The summed E-state index contributed by atoms with van der Waals surface area (Å²) in [6, 6.07) is 7.01. The molecule has 0 saturated heterocycles. The fourth-order valence-corrected chi connectivity index (χ4v) is 2.52. The van der Waals surface area contributed by atoms with Gasteiger partial charge in [0.25, 0.3) is 5.91 Å². The van der Waals surface area contributed by atoms with E-state index in [0.717, 1.165) is 0 Å². The van der Waals surface area contributed by atoms with E-state index in [4.69, 9.17) is 15.2 Å². The van der Waals surface area contributed by atoms with Crippen molar-refractivity contribution in [2.75, 3.05) is 18.2 Å². The summed E-state index contributed by atoms with van der Waals surface area (Å²) >= 11 is 0. The van der Waals surface area contributed by atoms with Gasteiger partial charge in [0, 0.05) is 6.20 Å². The van der Waals surface area contributed by atoms with Gasteiger partial charge in [0.05, 0.1) is 24.0 Å². The van der Waals surface area contributed by atoms with Crippen LogP contribution < -0.4 is 15.8 Å². The molecule has 2 heterocycles. The largest absolute Gasteiger partial charge is 0.479 e. The van der Waals surface area contributed by atoms with Gasteiger partial charge in [0.1, 0.15) is 17.5 Å². The zero-order valence-corrected chi connectivity index (χ0v) is 13.0. The van der Waals surface area contributed by atoms with Crippen LogP contribution in [0.25, 0.3) is 5.69 Å². The molecule has 0 bridgehead atoms. The predicted octanol–water partition coefficient (Wildman–Crippen LogP) is 1.44. The lowest BCUT2D eigenvalue weighted by molar-refractivity contribution is -0.122. The molecule has 1 atom stereocenters. The van der Waals surface area contributed by atoms with E-state index >= 15 is 0 Å². The minimum Gasteiger partial charge on any atom is -0.479 e. The fourth-order valence-electron chi connectivity index (χ4n) is 2.52. The van der Waals surface area contributed by atoms with Gasteiger partial charge < -0.3 is 25.1 Å². The second-order valence-corrected chi connectivity index (χ2v) is 5.18. The summed E-state index contributed by atoms with van der Waals surface area (Å²) in [5, 5.41) is 11.9. The number of para-hydroxylation sites is 1. The highest BCUT2D eigenvalue weighted by molar-refractivity contribution is 6.01. The summed E-state index contributed by atoms with van der Waals surface area (Å²) in [7, 11) is 1.22. The third-order valence-corrected chi connectivity index (χ3v) is 3.73. The number of aromatic nitrogens is 1. The molecule has 8 heteroatoms. The molecule has 122 valence electrons. The van der Waals surface area contributed by atoms with Gasteiger partial charge in [0.15, 0.2) is 11.8 Å². The third kappa shape index (κ3) is 2.23. The molecule has 0 aliphatic carbocycles. The van der Waals surface area contributed by atoms with E-state index in [1.807, 2.05) is 6.07 Å². The Kier molecular flexibility index (Phi) is 3.62. The summed E-state index contributed by atoms with van der Waals surface area (Å²) in [5.41, 5.74) is 6.88. The van der Waals surface area contributed by atoms with Gasteiger partial charge in [0.2, 0.25) is 0 Å². The number of amides is 1. The maximum atomic E-state index is 12.1. The van der Waals surface area contributed by atoms with Crippen molar-refractivity contribution < 1.29 is 19.1 Å². The van der Waals surface area contributed by atoms with Gasteiger partial charge in [-0.1, -0.05) is 6.07 Å². The molecule has 1 aliphatic heterocycles. The summed E-state index contributed by atoms with van der Waals surface area (Å²) < 4.78 is 11.7. The highest BCUT2D eigenvalue weighted by Crippen LogP contribution is 2.37. The van der Waals surface area contributed by atoms with Crippen molar-refractivity contribution in [2.45, 2.75) is 13.0 Å². The van der Waals surface area contributed by atoms with E-state index in [9.17, 15) is 14.9 Å². The van der Waals surface area contributed by atoms with Crippen LogP contribution in [0.5, 0.6) is 5.75 Å². The van der Waals surface area contributed by atoms with Crippen LogP contribution >= 0.6 is 0 Å². The zero-order chi connectivity index (χ0) is 17.4. The molecular weight excluding hydrogens is 312 g/mol. The molecule has 2 aromatic rings. The molecule has 1 aromatic carbocycles. The van der Waals surface area contributed by atoms with Gasteiger partial charge in [-0.2, -0.15) is 5.26 Å². The van der Waals surface area contributed by atoms with Crippen LogP contribution in [0.4, 0.5) is 11.4 Å². The number of carbonyl (C=O) groups is 2. The Labute approximate surface area is 137 Å². The molecule has 8 nitrogen and oxygen atoms in total. The van der Waals surface area contributed by atoms with Crippen molar-refractivity contribution in [1.82, 2.24) is 4.57 Å². The molecular formula is C16H14N4O4. The first-order valence-corrected chi connectivity index (χ1v) is 7.08. The average Bonchev–Trinajstić information content (AvgIpc) is 2.91. The van der Waals surface area contributed by atoms with E-state index in [1.165, 1.54) is 17.9 Å².